The lowest BCUT2D eigenvalue weighted by molar-refractivity contribution is -0.128. The molecule has 0 unspecified atom stereocenters. The molecule has 47 heavy (non-hydrogen) atoms. The fourth-order valence-corrected chi connectivity index (χ4v) is 7.92. The first kappa shape index (κ1) is 31.4. The standard InChI is InChI=1S/C37H45N7O3/c1-26-8-4-9-27-10-5-12-31(33(26)27)43-23-30-34(37(25-43)15-16-37)35(40-36(39-30)47-24-29-11-6-18-41(29)2)42-19-20-44(28(22-42)14-17-38)32(45)13-7-21-46-3/h4-5,7-10,12-13,28-29H,6,11,14-16,18-25H2,1-3H3/b13-7+/t28-,29-/m0/s1. The van der Waals surface area contributed by atoms with E-state index in [1.807, 2.05) is 4.90 Å². The number of carbonyl (C=O) groups excluding carboxylic acids is 1. The van der Waals surface area contributed by atoms with Gasteiger partial charge in [0.2, 0.25) is 5.91 Å². The van der Waals surface area contributed by atoms with Gasteiger partial charge in [0.15, 0.2) is 0 Å². The summed E-state index contributed by atoms with van der Waals surface area (Å²) >= 11 is 0. The second-order valence-electron chi connectivity index (χ2n) is 13.7. The molecule has 1 amide bonds. The quantitative estimate of drug-likeness (QED) is 0.313. The van der Waals surface area contributed by atoms with Crippen LogP contribution in [-0.2, 0) is 21.5 Å². The lowest BCUT2D eigenvalue weighted by atomic mass is 9.88. The molecule has 246 valence electrons. The Balaban J connectivity index is 1.25. The predicted octanol–water partition coefficient (Wildman–Crippen LogP) is 4.60. The van der Waals surface area contributed by atoms with Gasteiger partial charge in [-0.15, -0.1) is 0 Å². The van der Waals surface area contributed by atoms with Crippen molar-refractivity contribution >= 4 is 28.2 Å². The number of carbonyl (C=O) groups is 1. The number of aryl methyl sites for hydroxylation is 1. The van der Waals surface area contributed by atoms with E-state index in [4.69, 9.17) is 19.4 Å². The van der Waals surface area contributed by atoms with E-state index < -0.39 is 0 Å². The molecule has 0 bridgehead atoms. The zero-order valence-electron chi connectivity index (χ0n) is 27.8. The van der Waals surface area contributed by atoms with Gasteiger partial charge in [0.25, 0.3) is 0 Å². The number of piperazine rings is 1. The first-order valence-electron chi connectivity index (χ1n) is 17.0. The molecule has 4 heterocycles. The number of nitriles is 1. The average Bonchev–Trinajstić information content (AvgIpc) is 3.71. The number of ether oxygens (including phenoxy) is 2. The van der Waals surface area contributed by atoms with E-state index in [0.717, 1.165) is 43.9 Å². The van der Waals surface area contributed by atoms with Gasteiger partial charge in [-0.25, -0.2) is 0 Å². The van der Waals surface area contributed by atoms with Crippen molar-refractivity contribution in [2.24, 2.45) is 0 Å². The van der Waals surface area contributed by atoms with Gasteiger partial charge in [-0.2, -0.15) is 15.2 Å². The van der Waals surface area contributed by atoms with Gasteiger partial charge in [-0.1, -0.05) is 36.4 Å². The lowest BCUT2D eigenvalue weighted by Crippen LogP contribution is -2.55. The van der Waals surface area contributed by atoms with Crippen LogP contribution in [0, 0.1) is 18.3 Å². The number of rotatable bonds is 9. The second-order valence-corrected chi connectivity index (χ2v) is 13.7. The molecule has 0 N–H and O–H groups in total. The van der Waals surface area contributed by atoms with Crippen LogP contribution in [0.1, 0.15) is 48.9 Å². The van der Waals surface area contributed by atoms with E-state index in [9.17, 15) is 10.1 Å². The molecule has 0 radical (unpaired) electrons. The smallest absolute Gasteiger partial charge is 0.318 e. The maximum Gasteiger partial charge on any atom is 0.318 e. The number of amides is 1. The van der Waals surface area contributed by atoms with Crippen molar-refractivity contribution in [1.82, 2.24) is 19.8 Å². The van der Waals surface area contributed by atoms with Crippen LogP contribution in [0.3, 0.4) is 0 Å². The zero-order valence-corrected chi connectivity index (χ0v) is 27.8. The van der Waals surface area contributed by atoms with E-state index in [1.54, 1.807) is 19.3 Å². The minimum absolute atomic E-state index is 0.0431. The Morgan fingerprint density at radius 1 is 1.11 bits per heavy atom. The molecule has 7 rings (SSSR count). The largest absolute Gasteiger partial charge is 0.462 e. The number of benzene rings is 2. The summed E-state index contributed by atoms with van der Waals surface area (Å²) in [6.45, 7) is 7.45. The average molecular weight is 636 g/mol. The minimum atomic E-state index is -0.246. The molecule has 10 heteroatoms. The first-order chi connectivity index (χ1) is 22.9. The number of fused-ring (bicyclic) bond motifs is 3. The summed E-state index contributed by atoms with van der Waals surface area (Å²) < 4.78 is 11.5. The predicted molar refractivity (Wildman–Crippen MR) is 183 cm³/mol. The van der Waals surface area contributed by atoms with Gasteiger partial charge in [-0.05, 0) is 63.2 Å². The third-order valence-corrected chi connectivity index (χ3v) is 10.6. The van der Waals surface area contributed by atoms with Crippen molar-refractivity contribution in [3.05, 3.63) is 65.4 Å². The molecule has 1 saturated carbocycles. The van der Waals surface area contributed by atoms with Crippen molar-refractivity contribution in [2.75, 3.05) is 69.9 Å². The molecule has 1 spiro atoms. The molecule has 1 aliphatic carbocycles. The summed E-state index contributed by atoms with van der Waals surface area (Å²) in [6.07, 6.45) is 7.98. The van der Waals surface area contributed by atoms with Gasteiger partial charge in [0, 0.05) is 67.5 Å². The van der Waals surface area contributed by atoms with Crippen LogP contribution in [0.15, 0.2) is 48.6 Å². The second kappa shape index (κ2) is 13.1. The van der Waals surface area contributed by atoms with Crippen molar-refractivity contribution in [3.63, 3.8) is 0 Å². The van der Waals surface area contributed by atoms with Crippen molar-refractivity contribution in [1.29, 1.82) is 5.26 Å². The summed E-state index contributed by atoms with van der Waals surface area (Å²) in [4.78, 5) is 32.4. The molecule has 3 aliphatic heterocycles. The summed E-state index contributed by atoms with van der Waals surface area (Å²) in [5, 5.41) is 12.3. The molecule has 2 saturated heterocycles. The van der Waals surface area contributed by atoms with E-state index in [-0.39, 0.29) is 23.8 Å². The summed E-state index contributed by atoms with van der Waals surface area (Å²) in [5.74, 6) is 0.831. The van der Waals surface area contributed by atoms with Crippen LogP contribution in [0.4, 0.5) is 11.5 Å². The first-order valence-corrected chi connectivity index (χ1v) is 17.0. The highest BCUT2D eigenvalue weighted by molar-refractivity contribution is 5.97. The SMILES string of the molecule is COC/C=C/C(=O)N1CCN(c2nc(OC[C@@H]3CCCN3C)nc3c2C2(CC2)CN(c2cccc4cccc(C)c24)C3)C[C@@H]1CC#N. The van der Waals surface area contributed by atoms with Crippen molar-refractivity contribution < 1.29 is 14.3 Å². The Kier molecular flexibility index (Phi) is 8.77. The molecule has 1 aromatic heterocycles. The third-order valence-electron chi connectivity index (χ3n) is 10.6. The van der Waals surface area contributed by atoms with E-state index in [2.05, 4.69) is 71.1 Å². The Morgan fingerprint density at radius 3 is 2.68 bits per heavy atom. The van der Waals surface area contributed by atoms with E-state index in [0.29, 0.717) is 51.4 Å². The Labute approximate surface area is 277 Å². The summed E-state index contributed by atoms with van der Waals surface area (Å²) in [7, 11) is 3.76. The fraction of sp³-hybridized carbons (Fsp3) is 0.514. The van der Waals surface area contributed by atoms with E-state index in [1.165, 1.54) is 34.0 Å². The number of methoxy groups -OCH3 is 1. The highest BCUT2D eigenvalue weighted by Gasteiger charge is 2.53. The Hall–Kier alpha value is -4.20. The van der Waals surface area contributed by atoms with E-state index >= 15 is 0 Å². The maximum absolute atomic E-state index is 13.1. The highest BCUT2D eigenvalue weighted by atomic mass is 16.5. The van der Waals surface area contributed by atoms with Crippen LogP contribution in [0.25, 0.3) is 10.8 Å². The molecule has 3 fully saturated rings. The molecule has 2 atom stereocenters. The summed E-state index contributed by atoms with van der Waals surface area (Å²) in [5.41, 5.74) is 4.73. The number of hydrogen-bond acceptors (Lipinski definition) is 9. The molecular weight excluding hydrogens is 590 g/mol. The highest BCUT2D eigenvalue weighted by Crippen LogP contribution is 2.56. The third kappa shape index (κ3) is 6.15. The lowest BCUT2D eigenvalue weighted by Gasteiger charge is -2.43. The minimum Gasteiger partial charge on any atom is -0.462 e. The van der Waals surface area contributed by atoms with Gasteiger partial charge in [-0.3, -0.25) is 4.79 Å². The van der Waals surface area contributed by atoms with Gasteiger partial charge < -0.3 is 29.1 Å². The monoisotopic (exact) mass is 635 g/mol. The van der Waals surface area contributed by atoms with Crippen LogP contribution >= 0.6 is 0 Å². The number of likely N-dealkylation sites (N-methyl/N-ethyl adjacent to an activating group) is 1. The molecular formula is C37H45N7O3. The van der Waals surface area contributed by atoms with Crippen molar-refractivity contribution in [2.45, 2.75) is 63.1 Å². The molecule has 3 aromatic rings. The van der Waals surface area contributed by atoms with Gasteiger partial charge in [0.05, 0.1) is 37.4 Å². The topological polar surface area (TPSA) is 98.1 Å². The number of likely N-dealkylation sites (tertiary alicyclic amines) is 1. The number of aromatic nitrogens is 2. The fourth-order valence-electron chi connectivity index (χ4n) is 7.92. The molecule has 4 aliphatic rings. The summed E-state index contributed by atoms with van der Waals surface area (Å²) in [6, 6.07) is 16.0. The van der Waals surface area contributed by atoms with Crippen LogP contribution in [-0.4, -0.2) is 97.9 Å². The molecule has 2 aromatic carbocycles. The molecule has 10 nitrogen and oxygen atoms in total. The zero-order chi connectivity index (χ0) is 32.5. The van der Waals surface area contributed by atoms with Gasteiger partial charge in [0.1, 0.15) is 12.4 Å². The van der Waals surface area contributed by atoms with Gasteiger partial charge >= 0.3 is 6.01 Å². The Morgan fingerprint density at radius 2 is 1.94 bits per heavy atom. The van der Waals surface area contributed by atoms with Crippen molar-refractivity contribution in [3.8, 4) is 12.1 Å². The van der Waals surface area contributed by atoms with Crippen LogP contribution < -0.4 is 14.5 Å². The van der Waals surface area contributed by atoms with Crippen LogP contribution in [0.2, 0.25) is 0 Å². The number of hydrogen-bond donors (Lipinski definition) is 0. The Bertz CT molecular complexity index is 1710. The number of nitrogens with zero attached hydrogens (tertiary/aromatic N) is 7. The van der Waals surface area contributed by atoms with Crippen LogP contribution in [0.5, 0.6) is 6.01 Å². The number of anilines is 2. The normalized spacial score (nSPS) is 22.2. The maximum atomic E-state index is 13.1.